The van der Waals surface area contributed by atoms with Gasteiger partial charge < -0.3 is 4.90 Å². The van der Waals surface area contributed by atoms with E-state index in [4.69, 9.17) is 0 Å². The summed E-state index contributed by atoms with van der Waals surface area (Å²) in [7, 11) is 3.51. The predicted molar refractivity (Wildman–Crippen MR) is 67.4 cm³/mol. The molecule has 2 aromatic heterocycles. The highest BCUT2D eigenvalue weighted by Crippen LogP contribution is 2.15. The van der Waals surface area contributed by atoms with Gasteiger partial charge in [-0.25, -0.2) is 9.97 Å². The van der Waals surface area contributed by atoms with Crippen molar-refractivity contribution in [3.05, 3.63) is 35.7 Å². The van der Waals surface area contributed by atoms with Crippen molar-refractivity contribution in [2.45, 2.75) is 13.8 Å². The summed E-state index contributed by atoms with van der Waals surface area (Å²) in [5.41, 5.74) is 1.93. The van der Waals surface area contributed by atoms with Crippen LogP contribution in [0.2, 0.25) is 0 Å². The molecular weight excluding hydrogens is 230 g/mol. The molecule has 0 radical (unpaired) electrons. The minimum absolute atomic E-state index is 0.138. The zero-order chi connectivity index (χ0) is 13.3. The fourth-order valence-corrected chi connectivity index (χ4v) is 1.67. The fraction of sp³-hybridized carbons (Fsp3) is 0.333. The fourth-order valence-electron chi connectivity index (χ4n) is 1.67. The molecule has 0 aromatic carbocycles. The minimum Gasteiger partial charge on any atom is -0.308 e. The van der Waals surface area contributed by atoms with Gasteiger partial charge in [-0.2, -0.15) is 5.10 Å². The van der Waals surface area contributed by atoms with Gasteiger partial charge >= 0.3 is 0 Å². The Morgan fingerprint density at radius 2 is 2.06 bits per heavy atom. The number of carbonyl (C=O) groups is 1. The Kier molecular flexibility index (Phi) is 3.10. The second-order valence-electron chi connectivity index (χ2n) is 4.15. The topological polar surface area (TPSA) is 63.9 Å². The van der Waals surface area contributed by atoms with Crippen LogP contribution in [0.25, 0.3) is 0 Å². The maximum atomic E-state index is 12.3. The number of hydrogen-bond acceptors (Lipinski definition) is 4. The van der Waals surface area contributed by atoms with Crippen LogP contribution in [0.3, 0.4) is 0 Å². The SMILES string of the molecule is Cc1ncc(C(=O)N(C)c2cnn(C)c2)c(C)n1. The van der Waals surface area contributed by atoms with E-state index in [-0.39, 0.29) is 5.91 Å². The van der Waals surface area contributed by atoms with Crippen molar-refractivity contribution in [3.63, 3.8) is 0 Å². The van der Waals surface area contributed by atoms with E-state index in [0.717, 1.165) is 5.69 Å². The van der Waals surface area contributed by atoms with Gasteiger partial charge in [0.15, 0.2) is 0 Å². The van der Waals surface area contributed by atoms with Crippen LogP contribution in [0.1, 0.15) is 21.9 Å². The van der Waals surface area contributed by atoms with Gasteiger partial charge in [0, 0.05) is 26.5 Å². The zero-order valence-electron chi connectivity index (χ0n) is 10.9. The number of aromatic nitrogens is 4. The van der Waals surface area contributed by atoms with Crippen molar-refractivity contribution < 1.29 is 4.79 Å². The number of rotatable bonds is 2. The van der Waals surface area contributed by atoms with Crippen LogP contribution < -0.4 is 4.90 Å². The summed E-state index contributed by atoms with van der Waals surface area (Å²) in [5, 5.41) is 4.04. The molecule has 0 spiro atoms. The molecule has 0 aliphatic heterocycles. The van der Waals surface area contributed by atoms with Crippen molar-refractivity contribution in [3.8, 4) is 0 Å². The first-order chi connectivity index (χ1) is 8.49. The van der Waals surface area contributed by atoms with Crippen molar-refractivity contribution >= 4 is 11.6 Å². The van der Waals surface area contributed by atoms with E-state index < -0.39 is 0 Å². The van der Waals surface area contributed by atoms with Gasteiger partial charge in [-0.3, -0.25) is 9.48 Å². The summed E-state index contributed by atoms with van der Waals surface area (Å²) >= 11 is 0. The van der Waals surface area contributed by atoms with E-state index in [1.54, 1.807) is 44.2 Å². The van der Waals surface area contributed by atoms with Crippen LogP contribution in [-0.4, -0.2) is 32.7 Å². The highest BCUT2D eigenvalue weighted by Gasteiger charge is 2.17. The highest BCUT2D eigenvalue weighted by molar-refractivity contribution is 6.06. The van der Waals surface area contributed by atoms with Gasteiger partial charge in [-0.1, -0.05) is 0 Å². The van der Waals surface area contributed by atoms with Crippen molar-refractivity contribution in [2.75, 3.05) is 11.9 Å². The minimum atomic E-state index is -0.138. The number of aryl methyl sites for hydroxylation is 3. The lowest BCUT2D eigenvalue weighted by Crippen LogP contribution is -2.27. The number of hydrogen-bond donors (Lipinski definition) is 0. The van der Waals surface area contributed by atoms with Crippen LogP contribution in [0.4, 0.5) is 5.69 Å². The molecule has 0 unspecified atom stereocenters. The van der Waals surface area contributed by atoms with Gasteiger partial charge in [0.1, 0.15) is 5.82 Å². The van der Waals surface area contributed by atoms with Crippen LogP contribution in [0, 0.1) is 13.8 Å². The van der Waals surface area contributed by atoms with E-state index in [1.807, 2.05) is 7.05 Å². The first-order valence-electron chi connectivity index (χ1n) is 5.56. The standard InChI is InChI=1S/C12H15N5O/c1-8-11(6-13-9(2)15-8)12(18)17(4)10-5-14-16(3)7-10/h5-7H,1-4H3. The summed E-state index contributed by atoms with van der Waals surface area (Å²) in [5.74, 6) is 0.522. The maximum absolute atomic E-state index is 12.3. The lowest BCUT2D eigenvalue weighted by molar-refractivity contribution is 0.0991. The third-order valence-corrected chi connectivity index (χ3v) is 2.71. The van der Waals surface area contributed by atoms with Gasteiger partial charge in [0.05, 0.1) is 23.1 Å². The number of nitrogens with zero attached hydrogens (tertiary/aromatic N) is 5. The van der Waals surface area contributed by atoms with Crippen molar-refractivity contribution in [1.82, 2.24) is 19.7 Å². The molecule has 0 bridgehead atoms. The van der Waals surface area contributed by atoms with E-state index in [9.17, 15) is 4.79 Å². The number of amides is 1. The number of carbonyl (C=O) groups excluding carboxylic acids is 1. The van der Waals surface area contributed by atoms with Crippen molar-refractivity contribution in [1.29, 1.82) is 0 Å². The molecule has 94 valence electrons. The normalized spacial score (nSPS) is 10.4. The van der Waals surface area contributed by atoms with Crippen LogP contribution in [-0.2, 0) is 7.05 Å². The van der Waals surface area contributed by atoms with Gasteiger partial charge in [-0.05, 0) is 13.8 Å². The van der Waals surface area contributed by atoms with E-state index in [0.29, 0.717) is 17.1 Å². The Morgan fingerprint density at radius 3 is 2.61 bits per heavy atom. The molecule has 2 aromatic rings. The van der Waals surface area contributed by atoms with Crippen LogP contribution >= 0.6 is 0 Å². The second kappa shape index (κ2) is 4.56. The molecule has 2 heterocycles. The maximum Gasteiger partial charge on any atom is 0.261 e. The Bertz CT molecular complexity index is 590. The molecule has 0 fully saturated rings. The third-order valence-electron chi connectivity index (χ3n) is 2.71. The average Bonchev–Trinajstić information content (AvgIpc) is 2.74. The average molecular weight is 245 g/mol. The highest BCUT2D eigenvalue weighted by atomic mass is 16.2. The van der Waals surface area contributed by atoms with Gasteiger partial charge in [-0.15, -0.1) is 0 Å². The summed E-state index contributed by atoms with van der Waals surface area (Å²) in [6.07, 6.45) is 4.98. The van der Waals surface area contributed by atoms with Crippen LogP contribution in [0.5, 0.6) is 0 Å². The summed E-state index contributed by atoms with van der Waals surface area (Å²) in [4.78, 5) is 22.1. The zero-order valence-corrected chi connectivity index (χ0v) is 10.9. The smallest absolute Gasteiger partial charge is 0.261 e. The quantitative estimate of drug-likeness (QED) is 0.795. The van der Waals surface area contributed by atoms with Crippen LogP contribution in [0.15, 0.2) is 18.6 Å². The lowest BCUT2D eigenvalue weighted by Gasteiger charge is -2.15. The molecule has 0 saturated heterocycles. The monoisotopic (exact) mass is 245 g/mol. The first-order valence-corrected chi connectivity index (χ1v) is 5.56. The Hall–Kier alpha value is -2.24. The van der Waals surface area contributed by atoms with E-state index in [2.05, 4.69) is 15.1 Å². The predicted octanol–water partition coefficient (Wildman–Crippen LogP) is 1.10. The van der Waals surface area contributed by atoms with Gasteiger partial charge in [0.25, 0.3) is 5.91 Å². The summed E-state index contributed by atoms with van der Waals surface area (Å²) in [6.45, 7) is 3.60. The van der Waals surface area contributed by atoms with E-state index >= 15 is 0 Å². The molecule has 2 rings (SSSR count). The molecule has 1 amide bonds. The molecule has 0 aliphatic carbocycles. The van der Waals surface area contributed by atoms with Gasteiger partial charge in [0.2, 0.25) is 0 Å². The molecule has 0 saturated carbocycles. The lowest BCUT2D eigenvalue weighted by atomic mass is 10.2. The Morgan fingerprint density at radius 1 is 1.33 bits per heavy atom. The molecule has 0 atom stereocenters. The van der Waals surface area contributed by atoms with E-state index in [1.165, 1.54) is 4.90 Å². The Balaban J connectivity index is 2.31. The largest absolute Gasteiger partial charge is 0.308 e. The molecule has 6 nitrogen and oxygen atoms in total. The second-order valence-corrected chi connectivity index (χ2v) is 4.15. The van der Waals surface area contributed by atoms with Crippen molar-refractivity contribution in [2.24, 2.45) is 7.05 Å². The Labute approximate surface area is 105 Å². The third kappa shape index (κ3) is 2.22. The summed E-state index contributed by atoms with van der Waals surface area (Å²) < 4.78 is 1.65. The molecular formula is C12H15N5O. The molecule has 18 heavy (non-hydrogen) atoms. The molecule has 0 N–H and O–H groups in total. The summed E-state index contributed by atoms with van der Waals surface area (Å²) in [6, 6.07) is 0. The molecule has 0 aliphatic rings. The molecule has 6 heteroatoms. The number of anilines is 1. The first kappa shape index (κ1) is 12.2.